The quantitative estimate of drug-likeness (QED) is 0.741. The average molecular weight is 253 g/mol. The molecule has 0 aromatic carbocycles. The van der Waals surface area contributed by atoms with E-state index in [1.165, 1.54) is 35.4 Å². The summed E-state index contributed by atoms with van der Waals surface area (Å²) in [7, 11) is 2.04. The van der Waals surface area contributed by atoms with Crippen LogP contribution in [0.4, 0.5) is 0 Å². The molecule has 2 heterocycles. The maximum Gasteiger partial charge on any atom is 0.169 e. The lowest BCUT2D eigenvalue weighted by Gasteiger charge is -2.06. The number of hydrogen-bond acceptors (Lipinski definition) is 0. The Hall–Kier alpha value is -1.83. The molecule has 0 saturated heterocycles. The second-order valence-corrected chi connectivity index (χ2v) is 5.56. The van der Waals surface area contributed by atoms with Crippen LogP contribution in [0.1, 0.15) is 41.4 Å². The van der Waals surface area contributed by atoms with E-state index in [1.54, 1.807) is 0 Å². The second-order valence-electron chi connectivity index (χ2n) is 5.56. The van der Waals surface area contributed by atoms with Crippen LogP contribution < -0.4 is 4.57 Å². The normalized spacial score (nSPS) is 15.3. The first-order valence-corrected chi connectivity index (χ1v) is 6.97. The predicted octanol–water partition coefficient (Wildman–Crippen LogP) is 3.43. The SMILES string of the molecule is Cc1cc(/C=C/c2cc[n+](C)cc2)c(C)n1C1CC1. The molecule has 0 unspecified atom stereocenters. The van der Waals surface area contributed by atoms with Crippen LogP contribution in [0, 0.1) is 13.8 Å². The first kappa shape index (κ1) is 12.2. The number of hydrogen-bond donors (Lipinski definition) is 0. The van der Waals surface area contributed by atoms with Crippen molar-refractivity contribution in [3.63, 3.8) is 0 Å². The van der Waals surface area contributed by atoms with E-state index in [9.17, 15) is 0 Å². The van der Waals surface area contributed by atoms with Crippen molar-refractivity contribution in [2.75, 3.05) is 0 Å². The summed E-state index contributed by atoms with van der Waals surface area (Å²) in [5, 5.41) is 0. The van der Waals surface area contributed by atoms with Crippen LogP contribution in [0.15, 0.2) is 30.6 Å². The zero-order valence-electron chi connectivity index (χ0n) is 11.9. The van der Waals surface area contributed by atoms with Crippen molar-refractivity contribution in [1.82, 2.24) is 4.57 Å². The summed E-state index contributed by atoms with van der Waals surface area (Å²) >= 11 is 0. The molecule has 0 bridgehead atoms. The number of aromatic nitrogens is 2. The van der Waals surface area contributed by atoms with Gasteiger partial charge in [0.05, 0.1) is 0 Å². The molecule has 1 saturated carbocycles. The molecule has 1 aliphatic carbocycles. The van der Waals surface area contributed by atoms with Gasteiger partial charge in [-0.1, -0.05) is 12.2 Å². The summed E-state index contributed by atoms with van der Waals surface area (Å²) in [5.74, 6) is 0. The van der Waals surface area contributed by atoms with E-state index in [4.69, 9.17) is 0 Å². The van der Waals surface area contributed by atoms with E-state index in [2.05, 4.69) is 65.7 Å². The number of rotatable bonds is 3. The molecule has 2 aromatic rings. The summed E-state index contributed by atoms with van der Waals surface area (Å²) in [5.41, 5.74) is 5.38. The highest BCUT2D eigenvalue weighted by molar-refractivity contribution is 5.70. The van der Waals surface area contributed by atoms with E-state index in [1.807, 2.05) is 7.05 Å². The van der Waals surface area contributed by atoms with Crippen molar-refractivity contribution >= 4 is 12.2 Å². The molecule has 0 aliphatic heterocycles. The minimum atomic E-state index is 0.762. The van der Waals surface area contributed by atoms with Crippen molar-refractivity contribution in [1.29, 1.82) is 0 Å². The molecule has 2 aromatic heterocycles. The van der Waals surface area contributed by atoms with E-state index >= 15 is 0 Å². The fourth-order valence-electron chi connectivity index (χ4n) is 2.68. The molecule has 0 N–H and O–H groups in total. The molecule has 0 spiro atoms. The first-order valence-electron chi connectivity index (χ1n) is 6.97. The van der Waals surface area contributed by atoms with Gasteiger partial charge in [-0.2, -0.15) is 0 Å². The van der Waals surface area contributed by atoms with Crippen LogP contribution >= 0.6 is 0 Å². The highest BCUT2D eigenvalue weighted by Gasteiger charge is 2.26. The summed E-state index contributed by atoms with van der Waals surface area (Å²) in [6.07, 6.45) is 11.3. The second kappa shape index (κ2) is 4.69. The first-order chi connectivity index (χ1) is 9.15. The Bertz CT molecular complexity index is 613. The largest absolute Gasteiger partial charge is 0.346 e. The van der Waals surface area contributed by atoms with E-state index in [0.29, 0.717) is 0 Å². The summed E-state index contributed by atoms with van der Waals surface area (Å²) in [4.78, 5) is 0. The van der Waals surface area contributed by atoms with Gasteiger partial charge >= 0.3 is 0 Å². The Balaban J connectivity index is 1.87. The number of nitrogens with zero attached hydrogens (tertiary/aromatic N) is 2. The van der Waals surface area contributed by atoms with Gasteiger partial charge in [0.2, 0.25) is 0 Å². The fraction of sp³-hybridized carbons (Fsp3) is 0.353. The number of aryl methyl sites for hydroxylation is 2. The van der Waals surface area contributed by atoms with E-state index in [-0.39, 0.29) is 0 Å². The van der Waals surface area contributed by atoms with Gasteiger partial charge in [-0.25, -0.2) is 4.57 Å². The molecule has 3 rings (SSSR count). The van der Waals surface area contributed by atoms with Crippen LogP contribution in [-0.2, 0) is 7.05 Å². The molecule has 0 amide bonds. The molecule has 2 nitrogen and oxygen atoms in total. The third kappa shape index (κ3) is 2.48. The van der Waals surface area contributed by atoms with Crippen LogP contribution in [0.3, 0.4) is 0 Å². The van der Waals surface area contributed by atoms with Crippen molar-refractivity contribution in [3.8, 4) is 0 Å². The molecular formula is C17H21N2+. The maximum absolute atomic E-state index is 2.49. The van der Waals surface area contributed by atoms with Gasteiger partial charge in [-0.05, 0) is 43.9 Å². The molecule has 2 heteroatoms. The molecule has 1 fully saturated rings. The summed E-state index contributed by atoms with van der Waals surface area (Å²) in [6, 6.07) is 7.33. The fourth-order valence-corrected chi connectivity index (χ4v) is 2.68. The van der Waals surface area contributed by atoms with Gasteiger partial charge in [0, 0.05) is 29.6 Å². The minimum absolute atomic E-state index is 0.762. The molecule has 1 aliphatic rings. The smallest absolute Gasteiger partial charge is 0.169 e. The van der Waals surface area contributed by atoms with Gasteiger partial charge in [-0.15, -0.1) is 0 Å². The zero-order chi connectivity index (χ0) is 13.4. The van der Waals surface area contributed by atoms with Crippen molar-refractivity contribution in [3.05, 3.63) is 53.1 Å². The molecule has 98 valence electrons. The van der Waals surface area contributed by atoms with Gasteiger partial charge in [0.1, 0.15) is 7.05 Å². The van der Waals surface area contributed by atoms with Crippen LogP contribution in [0.2, 0.25) is 0 Å². The Morgan fingerprint density at radius 2 is 1.84 bits per heavy atom. The third-order valence-corrected chi connectivity index (χ3v) is 3.90. The highest BCUT2D eigenvalue weighted by Crippen LogP contribution is 2.38. The van der Waals surface area contributed by atoms with E-state index < -0.39 is 0 Å². The van der Waals surface area contributed by atoms with Crippen LogP contribution in [0.25, 0.3) is 12.2 Å². The minimum Gasteiger partial charge on any atom is -0.346 e. The summed E-state index contributed by atoms with van der Waals surface area (Å²) in [6.45, 7) is 4.45. The van der Waals surface area contributed by atoms with Crippen LogP contribution in [0.5, 0.6) is 0 Å². The molecule has 0 radical (unpaired) electrons. The van der Waals surface area contributed by atoms with Crippen molar-refractivity contribution in [2.24, 2.45) is 7.05 Å². The standard InChI is InChI=1S/C17H21N2/c1-13-12-16(14(2)19(13)17-6-7-17)5-4-15-8-10-18(3)11-9-15/h4-5,8-12,17H,6-7H2,1-3H3/q+1. The van der Waals surface area contributed by atoms with Gasteiger partial charge in [0.15, 0.2) is 12.4 Å². The monoisotopic (exact) mass is 253 g/mol. The average Bonchev–Trinajstić information content (AvgIpc) is 3.17. The lowest BCUT2D eigenvalue weighted by atomic mass is 10.2. The lowest BCUT2D eigenvalue weighted by Crippen LogP contribution is -2.25. The van der Waals surface area contributed by atoms with Gasteiger partial charge in [-0.3, -0.25) is 0 Å². The van der Waals surface area contributed by atoms with Gasteiger partial charge < -0.3 is 4.57 Å². The molecular weight excluding hydrogens is 232 g/mol. The molecule has 0 atom stereocenters. The predicted molar refractivity (Wildman–Crippen MR) is 78.7 cm³/mol. The Morgan fingerprint density at radius 3 is 2.47 bits per heavy atom. The maximum atomic E-state index is 2.49. The summed E-state index contributed by atoms with van der Waals surface area (Å²) < 4.78 is 4.54. The number of pyridine rings is 1. The van der Waals surface area contributed by atoms with Gasteiger partial charge in [0.25, 0.3) is 0 Å². The Labute approximate surface area is 115 Å². The Kier molecular flexibility index (Phi) is 3.02. The molecule has 19 heavy (non-hydrogen) atoms. The third-order valence-electron chi connectivity index (χ3n) is 3.90. The zero-order valence-corrected chi connectivity index (χ0v) is 11.9. The topological polar surface area (TPSA) is 8.81 Å². The Morgan fingerprint density at radius 1 is 1.16 bits per heavy atom. The van der Waals surface area contributed by atoms with Crippen molar-refractivity contribution < 1.29 is 4.57 Å². The van der Waals surface area contributed by atoms with E-state index in [0.717, 1.165) is 6.04 Å². The van der Waals surface area contributed by atoms with Crippen LogP contribution in [-0.4, -0.2) is 4.57 Å². The van der Waals surface area contributed by atoms with Crippen molar-refractivity contribution in [2.45, 2.75) is 32.7 Å². The highest BCUT2D eigenvalue weighted by atomic mass is 15.1. The lowest BCUT2D eigenvalue weighted by molar-refractivity contribution is -0.671.